The summed E-state index contributed by atoms with van der Waals surface area (Å²) in [6.45, 7) is 0. The van der Waals surface area contributed by atoms with Crippen molar-refractivity contribution in [3.05, 3.63) is 29.8 Å². The summed E-state index contributed by atoms with van der Waals surface area (Å²) in [6, 6.07) is 4.53. The number of carbonyl (C=O) groups excluding carboxylic acids is 1. The van der Waals surface area contributed by atoms with Crippen LogP contribution in [0.25, 0.3) is 0 Å². The van der Waals surface area contributed by atoms with Crippen molar-refractivity contribution in [3.63, 3.8) is 0 Å². The Kier molecular flexibility index (Phi) is 3.50. The summed E-state index contributed by atoms with van der Waals surface area (Å²) in [5, 5.41) is 1.90. The minimum atomic E-state index is -4.53. The van der Waals surface area contributed by atoms with Crippen LogP contribution in [0.5, 0.6) is 0 Å². The molecule has 0 spiro atoms. The molecule has 1 aliphatic carbocycles. The zero-order chi connectivity index (χ0) is 15.2. The van der Waals surface area contributed by atoms with Gasteiger partial charge in [0.25, 0.3) is 15.0 Å². The zero-order valence-electron chi connectivity index (χ0n) is 9.87. The van der Waals surface area contributed by atoms with Gasteiger partial charge < -0.3 is 5.32 Å². The number of amides is 1. The van der Waals surface area contributed by atoms with E-state index in [9.17, 15) is 26.4 Å². The number of halogens is 4. The van der Waals surface area contributed by atoms with Crippen molar-refractivity contribution >= 4 is 25.6 Å². The Bertz CT molecular complexity index is 653. The molecule has 1 fully saturated rings. The second-order valence-corrected chi connectivity index (χ2v) is 7.07. The predicted octanol–water partition coefficient (Wildman–Crippen LogP) is 2.44. The highest BCUT2D eigenvalue weighted by Crippen LogP contribution is 2.49. The van der Waals surface area contributed by atoms with E-state index >= 15 is 0 Å². The summed E-state index contributed by atoms with van der Waals surface area (Å²) in [6.07, 6.45) is -4.90. The summed E-state index contributed by atoms with van der Waals surface area (Å²) in [5.74, 6) is -0.984. The van der Waals surface area contributed by atoms with E-state index in [1.807, 2.05) is 5.32 Å². The fraction of sp³-hybridized carbons (Fsp3) is 0.364. The first-order valence-electron chi connectivity index (χ1n) is 5.49. The summed E-state index contributed by atoms with van der Waals surface area (Å²) in [4.78, 5) is 11.4. The third kappa shape index (κ3) is 2.90. The average Bonchev–Trinajstić information content (AvgIpc) is 3.08. The van der Waals surface area contributed by atoms with Crippen LogP contribution >= 0.6 is 10.7 Å². The molecular weight excluding hydrogens is 319 g/mol. The van der Waals surface area contributed by atoms with Gasteiger partial charge in [0.2, 0.25) is 0 Å². The number of nitrogens with one attached hydrogen (secondary N) is 1. The largest absolute Gasteiger partial charge is 0.411 e. The average molecular weight is 328 g/mol. The van der Waals surface area contributed by atoms with Crippen molar-refractivity contribution in [2.45, 2.75) is 29.5 Å². The summed E-state index contributed by atoms with van der Waals surface area (Å²) >= 11 is 0. The van der Waals surface area contributed by atoms with E-state index in [2.05, 4.69) is 0 Å². The SMILES string of the molecule is O=C(NC1(C(F)(F)F)CC1)c1cccc(S(=O)(=O)Cl)c1. The topological polar surface area (TPSA) is 63.2 Å². The van der Waals surface area contributed by atoms with Crippen molar-refractivity contribution in [1.82, 2.24) is 5.32 Å². The Morgan fingerprint density at radius 2 is 1.90 bits per heavy atom. The lowest BCUT2D eigenvalue weighted by Crippen LogP contribution is -2.47. The maximum absolute atomic E-state index is 12.7. The highest BCUT2D eigenvalue weighted by atomic mass is 35.7. The Hall–Kier alpha value is -1.28. The molecule has 0 radical (unpaired) electrons. The normalized spacial score (nSPS) is 17.6. The maximum Gasteiger partial charge on any atom is 0.411 e. The van der Waals surface area contributed by atoms with Gasteiger partial charge in [-0.05, 0) is 31.0 Å². The molecule has 0 aliphatic heterocycles. The molecule has 0 aromatic heterocycles. The molecule has 20 heavy (non-hydrogen) atoms. The zero-order valence-corrected chi connectivity index (χ0v) is 11.4. The van der Waals surface area contributed by atoms with E-state index in [4.69, 9.17) is 10.7 Å². The van der Waals surface area contributed by atoms with Crippen LogP contribution in [0.4, 0.5) is 13.2 Å². The molecule has 0 saturated heterocycles. The minimum Gasteiger partial charge on any atom is -0.338 e. The van der Waals surface area contributed by atoms with Gasteiger partial charge in [-0.3, -0.25) is 4.79 Å². The number of hydrogen-bond acceptors (Lipinski definition) is 3. The van der Waals surface area contributed by atoms with Gasteiger partial charge in [-0.1, -0.05) is 6.07 Å². The summed E-state index contributed by atoms with van der Waals surface area (Å²) < 4.78 is 60.4. The highest BCUT2D eigenvalue weighted by molar-refractivity contribution is 8.13. The second-order valence-electron chi connectivity index (χ2n) is 4.50. The van der Waals surface area contributed by atoms with E-state index in [1.165, 1.54) is 12.1 Å². The van der Waals surface area contributed by atoms with Crippen LogP contribution in [0.15, 0.2) is 29.2 Å². The molecule has 1 aliphatic rings. The van der Waals surface area contributed by atoms with E-state index in [-0.39, 0.29) is 23.3 Å². The van der Waals surface area contributed by atoms with Crippen molar-refractivity contribution in [3.8, 4) is 0 Å². The lowest BCUT2D eigenvalue weighted by molar-refractivity contribution is -0.163. The molecule has 1 aromatic rings. The number of alkyl halides is 3. The van der Waals surface area contributed by atoms with Gasteiger partial charge >= 0.3 is 6.18 Å². The summed E-state index contributed by atoms with van der Waals surface area (Å²) in [7, 11) is 1.07. The van der Waals surface area contributed by atoms with Crippen molar-refractivity contribution in [2.75, 3.05) is 0 Å². The molecule has 0 bridgehead atoms. The van der Waals surface area contributed by atoms with Crippen LogP contribution in [-0.4, -0.2) is 26.0 Å². The lowest BCUT2D eigenvalue weighted by Gasteiger charge is -2.20. The molecule has 1 N–H and O–H groups in total. The van der Waals surface area contributed by atoms with Gasteiger partial charge in [-0.25, -0.2) is 8.42 Å². The van der Waals surface area contributed by atoms with Crippen molar-refractivity contribution in [1.29, 1.82) is 0 Å². The van der Waals surface area contributed by atoms with Crippen molar-refractivity contribution < 1.29 is 26.4 Å². The molecule has 9 heteroatoms. The quantitative estimate of drug-likeness (QED) is 0.867. The smallest absolute Gasteiger partial charge is 0.338 e. The van der Waals surface area contributed by atoms with Crippen molar-refractivity contribution in [2.24, 2.45) is 0 Å². The fourth-order valence-electron chi connectivity index (χ4n) is 1.68. The fourth-order valence-corrected chi connectivity index (χ4v) is 2.48. The molecule has 2 rings (SSSR count). The first-order valence-corrected chi connectivity index (χ1v) is 7.80. The first-order chi connectivity index (χ1) is 9.05. The lowest BCUT2D eigenvalue weighted by atomic mass is 10.2. The molecule has 1 saturated carbocycles. The number of hydrogen-bond donors (Lipinski definition) is 1. The van der Waals surface area contributed by atoms with Gasteiger partial charge in [-0.15, -0.1) is 0 Å². The van der Waals surface area contributed by atoms with Crippen LogP contribution < -0.4 is 5.32 Å². The van der Waals surface area contributed by atoms with Crippen LogP contribution in [0.2, 0.25) is 0 Å². The second kappa shape index (κ2) is 4.63. The molecule has 1 amide bonds. The van der Waals surface area contributed by atoms with E-state index in [0.29, 0.717) is 0 Å². The third-order valence-electron chi connectivity index (χ3n) is 3.02. The predicted molar refractivity (Wildman–Crippen MR) is 65.0 cm³/mol. The standard InChI is InChI=1S/C11H9ClF3NO3S/c12-20(18,19)8-3-1-2-7(6-8)9(17)16-10(4-5-10)11(13,14)15/h1-3,6H,4-5H2,(H,16,17). The summed E-state index contributed by atoms with van der Waals surface area (Å²) in [5.41, 5.74) is -2.39. The van der Waals surface area contributed by atoms with E-state index in [1.54, 1.807) is 0 Å². The number of benzene rings is 1. The van der Waals surface area contributed by atoms with Crippen LogP contribution in [0.3, 0.4) is 0 Å². The van der Waals surface area contributed by atoms with Crippen LogP contribution in [0, 0.1) is 0 Å². The Labute approximate surface area is 117 Å². The molecule has 0 heterocycles. The molecule has 1 aromatic carbocycles. The number of rotatable bonds is 3. The van der Waals surface area contributed by atoms with E-state index < -0.39 is 26.7 Å². The maximum atomic E-state index is 12.7. The van der Waals surface area contributed by atoms with Gasteiger partial charge in [0.15, 0.2) is 0 Å². The molecule has 0 atom stereocenters. The van der Waals surface area contributed by atoms with Gasteiger partial charge in [0, 0.05) is 16.2 Å². The third-order valence-corrected chi connectivity index (χ3v) is 4.37. The Morgan fingerprint density at radius 3 is 2.35 bits per heavy atom. The minimum absolute atomic E-state index is 0.185. The Morgan fingerprint density at radius 1 is 1.30 bits per heavy atom. The Balaban J connectivity index is 2.23. The molecule has 4 nitrogen and oxygen atoms in total. The number of carbonyl (C=O) groups is 1. The van der Waals surface area contributed by atoms with Crippen LogP contribution in [0.1, 0.15) is 23.2 Å². The van der Waals surface area contributed by atoms with E-state index in [0.717, 1.165) is 12.1 Å². The first kappa shape index (κ1) is 15.1. The van der Waals surface area contributed by atoms with Gasteiger partial charge in [0.1, 0.15) is 5.54 Å². The highest BCUT2D eigenvalue weighted by Gasteiger charge is 2.64. The van der Waals surface area contributed by atoms with Crippen LogP contribution in [-0.2, 0) is 9.05 Å². The molecule has 110 valence electrons. The molecule has 0 unspecified atom stereocenters. The van der Waals surface area contributed by atoms with Gasteiger partial charge in [-0.2, -0.15) is 13.2 Å². The monoisotopic (exact) mass is 327 g/mol. The molecular formula is C11H9ClF3NO3S. The van der Waals surface area contributed by atoms with Gasteiger partial charge in [0.05, 0.1) is 4.90 Å².